The van der Waals surface area contributed by atoms with Gasteiger partial charge in [-0.25, -0.2) is 0 Å². The fourth-order valence-electron chi connectivity index (χ4n) is 1.96. The van der Waals surface area contributed by atoms with E-state index in [0.29, 0.717) is 0 Å². The SMILES string of the molecule is Cc1cccc(Oc2cncc(CC(C)N)c2)c1C. The summed E-state index contributed by atoms with van der Waals surface area (Å²) in [6.45, 7) is 6.12. The molecule has 0 aliphatic heterocycles. The van der Waals surface area contributed by atoms with Gasteiger partial charge in [0.2, 0.25) is 0 Å². The van der Waals surface area contributed by atoms with E-state index in [1.807, 2.05) is 31.3 Å². The van der Waals surface area contributed by atoms with Gasteiger partial charge in [-0.2, -0.15) is 0 Å². The van der Waals surface area contributed by atoms with Crippen molar-refractivity contribution in [3.05, 3.63) is 53.3 Å². The third-order valence-electron chi connectivity index (χ3n) is 3.11. The van der Waals surface area contributed by atoms with Crippen LogP contribution < -0.4 is 10.5 Å². The molecule has 0 bridgehead atoms. The summed E-state index contributed by atoms with van der Waals surface area (Å²) < 4.78 is 5.91. The highest BCUT2D eigenvalue weighted by Crippen LogP contribution is 2.26. The summed E-state index contributed by atoms with van der Waals surface area (Å²) in [4.78, 5) is 4.21. The number of ether oxygens (including phenoxy) is 1. The maximum atomic E-state index is 5.91. The molecule has 0 fully saturated rings. The summed E-state index contributed by atoms with van der Waals surface area (Å²) in [5.41, 5.74) is 9.27. The molecule has 1 unspecified atom stereocenters. The van der Waals surface area contributed by atoms with Gasteiger partial charge < -0.3 is 10.5 Å². The van der Waals surface area contributed by atoms with E-state index in [4.69, 9.17) is 10.5 Å². The van der Waals surface area contributed by atoms with Crippen LogP contribution in [0, 0.1) is 13.8 Å². The molecule has 0 aliphatic rings. The van der Waals surface area contributed by atoms with Crippen LogP contribution in [0.2, 0.25) is 0 Å². The van der Waals surface area contributed by atoms with E-state index in [0.717, 1.165) is 29.0 Å². The molecule has 2 rings (SSSR count). The molecular weight excluding hydrogens is 236 g/mol. The van der Waals surface area contributed by atoms with Crippen molar-refractivity contribution in [2.45, 2.75) is 33.2 Å². The Balaban J connectivity index is 2.21. The number of hydrogen-bond donors (Lipinski definition) is 1. The average Bonchev–Trinajstić information content (AvgIpc) is 2.35. The van der Waals surface area contributed by atoms with E-state index in [2.05, 4.69) is 24.9 Å². The van der Waals surface area contributed by atoms with Gasteiger partial charge in [0.05, 0.1) is 6.20 Å². The molecule has 0 amide bonds. The van der Waals surface area contributed by atoms with Crippen molar-refractivity contribution in [2.24, 2.45) is 5.73 Å². The van der Waals surface area contributed by atoms with Crippen molar-refractivity contribution in [1.29, 1.82) is 0 Å². The summed E-state index contributed by atoms with van der Waals surface area (Å²) in [6, 6.07) is 8.17. The normalized spacial score (nSPS) is 12.2. The number of benzene rings is 1. The highest BCUT2D eigenvalue weighted by atomic mass is 16.5. The lowest BCUT2D eigenvalue weighted by atomic mass is 10.1. The molecule has 1 aromatic carbocycles. The van der Waals surface area contributed by atoms with E-state index in [9.17, 15) is 0 Å². The molecule has 3 heteroatoms. The predicted molar refractivity (Wildman–Crippen MR) is 77.6 cm³/mol. The number of nitrogens with two attached hydrogens (primary N) is 1. The number of aryl methyl sites for hydroxylation is 1. The van der Waals surface area contributed by atoms with E-state index >= 15 is 0 Å². The molecule has 19 heavy (non-hydrogen) atoms. The minimum Gasteiger partial charge on any atom is -0.455 e. The lowest BCUT2D eigenvalue weighted by Crippen LogP contribution is -2.17. The summed E-state index contributed by atoms with van der Waals surface area (Å²) in [5.74, 6) is 1.63. The topological polar surface area (TPSA) is 48.1 Å². The first kappa shape index (κ1) is 13.6. The van der Waals surface area contributed by atoms with Crippen molar-refractivity contribution in [3.63, 3.8) is 0 Å². The van der Waals surface area contributed by atoms with Crippen molar-refractivity contribution in [3.8, 4) is 11.5 Å². The van der Waals surface area contributed by atoms with Gasteiger partial charge in [0, 0.05) is 12.2 Å². The van der Waals surface area contributed by atoms with E-state index in [1.165, 1.54) is 5.56 Å². The smallest absolute Gasteiger partial charge is 0.145 e. The second-order valence-corrected chi connectivity index (χ2v) is 5.01. The standard InChI is InChI=1S/C16H20N2O/c1-11-5-4-6-16(13(11)3)19-15-8-14(7-12(2)17)9-18-10-15/h4-6,8-10,12H,7,17H2,1-3H3. The Hall–Kier alpha value is -1.87. The first-order valence-corrected chi connectivity index (χ1v) is 6.50. The molecule has 2 N–H and O–H groups in total. The van der Waals surface area contributed by atoms with Crippen molar-refractivity contribution >= 4 is 0 Å². The monoisotopic (exact) mass is 256 g/mol. The van der Waals surface area contributed by atoms with Crippen LogP contribution in [0.4, 0.5) is 0 Å². The highest BCUT2D eigenvalue weighted by Gasteiger charge is 2.05. The largest absolute Gasteiger partial charge is 0.455 e. The molecule has 3 nitrogen and oxygen atoms in total. The third kappa shape index (κ3) is 3.55. The minimum atomic E-state index is 0.123. The zero-order chi connectivity index (χ0) is 13.8. The van der Waals surface area contributed by atoms with Crippen molar-refractivity contribution < 1.29 is 4.74 Å². The van der Waals surface area contributed by atoms with Gasteiger partial charge >= 0.3 is 0 Å². The zero-order valence-electron chi connectivity index (χ0n) is 11.7. The Kier molecular flexibility index (Phi) is 4.17. The molecule has 0 saturated carbocycles. The van der Waals surface area contributed by atoms with Gasteiger partial charge in [-0.15, -0.1) is 0 Å². The number of aromatic nitrogens is 1. The minimum absolute atomic E-state index is 0.123. The van der Waals surface area contributed by atoms with Crippen LogP contribution in [0.1, 0.15) is 23.6 Å². The van der Waals surface area contributed by atoms with E-state index in [1.54, 1.807) is 6.20 Å². The van der Waals surface area contributed by atoms with Crippen LogP contribution >= 0.6 is 0 Å². The Morgan fingerprint density at radius 1 is 1.26 bits per heavy atom. The molecule has 1 atom stereocenters. The van der Waals surface area contributed by atoms with E-state index < -0.39 is 0 Å². The molecule has 2 aromatic rings. The highest BCUT2D eigenvalue weighted by molar-refractivity contribution is 5.41. The van der Waals surface area contributed by atoms with Gasteiger partial charge in [-0.1, -0.05) is 12.1 Å². The molecule has 0 saturated heterocycles. The number of nitrogens with zero attached hydrogens (tertiary/aromatic N) is 1. The van der Waals surface area contributed by atoms with Gasteiger partial charge in [-0.3, -0.25) is 4.98 Å². The van der Waals surface area contributed by atoms with Crippen molar-refractivity contribution in [2.75, 3.05) is 0 Å². The molecule has 1 heterocycles. The molecule has 0 radical (unpaired) electrons. The van der Waals surface area contributed by atoms with Crippen LogP contribution in [0.5, 0.6) is 11.5 Å². The Morgan fingerprint density at radius 3 is 2.79 bits per heavy atom. The maximum absolute atomic E-state index is 5.91. The summed E-state index contributed by atoms with van der Waals surface area (Å²) in [6.07, 6.45) is 4.36. The van der Waals surface area contributed by atoms with Crippen LogP contribution in [0.25, 0.3) is 0 Å². The van der Waals surface area contributed by atoms with Gasteiger partial charge in [0.25, 0.3) is 0 Å². The van der Waals surface area contributed by atoms with E-state index in [-0.39, 0.29) is 6.04 Å². The first-order chi connectivity index (χ1) is 9.06. The average molecular weight is 256 g/mol. The Morgan fingerprint density at radius 2 is 2.05 bits per heavy atom. The van der Waals surface area contributed by atoms with Gasteiger partial charge in [0.15, 0.2) is 0 Å². The summed E-state index contributed by atoms with van der Waals surface area (Å²) in [7, 11) is 0. The lowest BCUT2D eigenvalue weighted by Gasteiger charge is -2.11. The fraction of sp³-hybridized carbons (Fsp3) is 0.312. The molecule has 0 spiro atoms. The predicted octanol–water partition coefficient (Wildman–Crippen LogP) is 3.38. The van der Waals surface area contributed by atoms with Crippen LogP contribution in [-0.4, -0.2) is 11.0 Å². The number of hydrogen-bond acceptors (Lipinski definition) is 3. The first-order valence-electron chi connectivity index (χ1n) is 6.50. The Bertz CT molecular complexity index is 564. The second-order valence-electron chi connectivity index (χ2n) is 5.01. The molecule has 100 valence electrons. The van der Waals surface area contributed by atoms with Gasteiger partial charge in [0.1, 0.15) is 11.5 Å². The quantitative estimate of drug-likeness (QED) is 0.912. The fourth-order valence-corrected chi connectivity index (χ4v) is 1.96. The number of rotatable bonds is 4. The van der Waals surface area contributed by atoms with Crippen molar-refractivity contribution in [1.82, 2.24) is 4.98 Å². The molecule has 1 aromatic heterocycles. The maximum Gasteiger partial charge on any atom is 0.145 e. The Labute approximate surface area is 114 Å². The molecule has 0 aliphatic carbocycles. The van der Waals surface area contributed by atoms with Gasteiger partial charge in [-0.05, 0) is 56.0 Å². The summed E-state index contributed by atoms with van der Waals surface area (Å²) >= 11 is 0. The third-order valence-corrected chi connectivity index (χ3v) is 3.11. The van der Waals surface area contributed by atoms with Crippen LogP contribution in [0.3, 0.4) is 0 Å². The zero-order valence-corrected chi connectivity index (χ0v) is 11.7. The lowest BCUT2D eigenvalue weighted by molar-refractivity contribution is 0.475. The summed E-state index contributed by atoms with van der Waals surface area (Å²) in [5, 5.41) is 0. The van der Waals surface area contributed by atoms with Crippen LogP contribution in [0.15, 0.2) is 36.7 Å². The molecular formula is C16H20N2O. The number of pyridine rings is 1. The second kappa shape index (κ2) is 5.85. The van der Waals surface area contributed by atoms with Crippen LogP contribution in [-0.2, 0) is 6.42 Å².